The maximum Gasteiger partial charge on any atom is 0.252 e. The number of aromatic amines is 1. The maximum atomic E-state index is 11.5. The molecule has 0 spiro atoms. The minimum Gasteiger partial charge on any atom is -0.505 e. The largest absolute Gasteiger partial charge is 0.505 e. The van der Waals surface area contributed by atoms with Gasteiger partial charge in [-0.1, -0.05) is 6.07 Å². The van der Waals surface area contributed by atoms with Crippen LogP contribution in [0.5, 0.6) is 5.75 Å². The lowest BCUT2D eigenvalue weighted by atomic mass is 10.1. The van der Waals surface area contributed by atoms with Crippen LogP contribution in [0.4, 0.5) is 0 Å². The van der Waals surface area contributed by atoms with Gasteiger partial charge in [-0.3, -0.25) is 4.79 Å². The van der Waals surface area contributed by atoms with Crippen molar-refractivity contribution in [2.45, 2.75) is 6.92 Å². The maximum absolute atomic E-state index is 11.5. The van der Waals surface area contributed by atoms with Crippen LogP contribution in [0.15, 0.2) is 34.4 Å². The van der Waals surface area contributed by atoms with E-state index in [1.165, 1.54) is 4.88 Å². The third kappa shape index (κ3) is 1.87. The van der Waals surface area contributed by atoms with Gasteiger partial charge < -0.3 is 10.1 Å². The molecule has 0 radical (unpaired) electrons. The van der Waals surface area contributed by atoms with Crippen LogP contribution in [0.1, 0.15) is 5.56 Å². The van der Waals surface area contributed by atoms with Crippen molar-refractivity contribution in [1.29, 1.82) is 0 Å². The van der Waals surface area contributed by atoms with Gasteiger partial charge in [-0.15, -0.1) is 22.7 Å². The lowest BCUT2D eigenvalue weighted by Crippen LogP contribution is -2.04. The van der Waals surface area contributed by atoms with E-state index in [1.54, 1.807) is 22.7 Å². The van der Waals surface area contributed by atoms with E-state index in [1.807, 2.05) is 18.4 Å². The van der Waals surface area contributed by atoms with Crippen molar-refractivity contribution in [3.05, 3.63) is 45.6 Å². The molecule has 0 aromatic carbocycles. The second-order valence-corrected chi connectivity index (χ2v) is 6.76. The summed E-state index contributed by atoms with van der Waals surface area (Å²) in [5.41, 5.74) is 1.65. The van der Waals surface area contributed by atoms with E-state index in [4.69, 9.17) is 0 Å². The fourth-order valence-electron chi connectivity index (χ4n) is 2.43. The molecule has 0 saturated heterocycles. The van der Waals surface area contributed by atoms with E-state index in [-0.39, 0.29) is 11.3 Å². The number of hydrogen-bond acceptors (Lipinski definition) is 5. The molecular formula is C15H10N2O2S2. The molecule has 21 heavy (non-hydrogen) atoms. The molecule has 4 aromatic heterocycles. The molecule has 2 N–H and O–H groups in total. The van der Waals surface area contributed by atoms with Crippen LogP contribution in [0.3, 0.4) is 0 Å². The lowest BCUT2D eigenvalue weighted by Gasteiger charge is -2.04. The second kappa shape index (κ2) is 4.41. The van der Waals surface area contributed by atoms with Crippen LogP contribution in [-0.4, -0.2) is 15.1 Å². The number of aromatic hydroxyl groups is 1. The van der Waals surface area contributed by atoms with Crippen LogP contribution in [0, 0.1) is 6.92 Å². The Bertz CT molecular complexity index is 1030. The first-order valence-electron chi connectivity index (χ1n) is 6.33. The molecule has 4 heterocycles. The van der Waals surface area contributed by atoms with Gasteiger partial charge in [-0.05, 0) is 30.0 Å². The molecule has 0 amide bonds. The SMILES string of the molecule is Cc1c2cc(-c3cccs3)sc2nc2c(O)cc(=O)[nH]c12. The van der Waals surface area contributed by atoms with E-state index in [0.717, 1.165) is 26.7 Å². The van der Waals surface area contributed by atoms with Crippen LogP contribution in [0.25, 0.3) is 31.0 Å². The van der Waals surface area contributed by atoms with Gasteiger partial charge in [0, 0.05) is 21.2 Å². The van der Waals surface area contributed by atoms with Crippen molar-refractivity contribution in [1.82, 2.24) is 9.97 Å². The van der Waals surface area contributed by atoms with Crippen molar-refractivity contribution >= 4 is 43.9 Å². The van der Waals surface area contributed by atoms with E-state index in [0.29, 0.717) is 11.0 Å². The van der Waals surface area contributed by atoms with Crippen LogP contribution in [0.2, 0.25) is 0 Å². The molecule has 0 atom stereocenters. The van der Waals surface area contributed by atoms with Gasteiger partial charge in [0.1, 0.15) is 16.1 Å². The lowest BCUT2D eigenvalue weighted by molar-refractivity contribution is 0.479. The molecular weight excluding hydrogens is 304 g/mol. The standard InChI is InChI=1S/C15H10N2O2S2/c1-7-8-5-11(10-3-2-4-20-10)21-15(8)17-14-9(18)6-12(19)16-13(7)14/h2-6H,1H3,(H2,16,18,19). The number of nitrogens with zero attached hydrogens (tertiary/aromatic N) is 1. The zero-order valence-electron chi connectivity index (χ0n) is 11.0. The number of pyridine rings is 2. The molecule has 4 rings (SSSR count). The molecule has 6 heteroatoms. The summed E-state index contributed by atoms with van der Waals surface area (Å²) in [4.78, 5) is 22.0. The van der Waals surface area contributed by atoms with Crippen molar-refractivity contribution < 1.29 is 5.11 Å². The Labute approximate surface area is 127 Å². The minimum absolute atomic E-state index is 0.0789. The zero-order chi connectivity index (χ0) is 14.6. The van der Waals surface area contributed by atoms with Gasteiger partial charge in [0.25, 0.3) is 5.56 Å². The molecule has 4 aromatic rings. The summed E-state index contributed by atoms with van der Waals surface area (Å²) in [7, 11) is 0. The number of H-pyrrole nitrogens is 1. The summed E-state index contributed by atoms with van der Waals surface area (Å²) in [6.45, 7) is 1.94. The molecule has 4 nitrogen and oxygen atoms in total. The molecule has 0 saturated carbocycles. The van der Waals surface area contributed by atoms with Crippen molar-refractivity contribution in [2.24, 2.45) is 0 Å². The molecule has 0 bridgehead atoms. The molecule has 0 unspecified atom stereocenters. The van der Waals surface area contributed by atoms with Crippen LogP contribution >= 0.6 is 22.7 Å². The Morgan fingerprint density at radius 2 is 2.14 bits per heavy atom. The highest BCUT2D eigenvalue weighted by Crippen LogP contribution is 2.38. The number of aromatic nitrogens is 2. The first kappa shape index (κ1) is 12.6. The first-order chi connectivity index (χ1) is 10.1. The molecule has 0 aliphatic heterocycles. The monoisotopic (exact) mass is 314 g/mol. The van der Waals surface area contributed by atoms with Gasteiger partial charge in [-0.2, -0.15) is 0 Å². The second-order valence-electron chi connectivity index (χ2n) is 4.79. The summed E-state index contributed by atoms with van der Waals surface area (Å²) in [5.74, 6) is -0.0789. The van der Waals surface area contributed by atoms with Gasteiger partial charge >= 0.3 is 0 Å². The highest BCUT2D eigenvalue weighted by molar-refractivity contribution is 7.25. The Hall–Kier alpha value is -2.18. The highest BCUT2D eigenvalue weighted by Gasteiger charge is 2.14. The average Bonchev–Trinajstić information content (AvgIpc) is 3.08. The predicted octanol–water partition coefficient (Wildman–Crippen LogP) is 3.88. The normalized spacial score (nSPS) is 11.5. The zero-order valence-corrected chi connectivity index (χ0v) is 12.6. The van der Waals surface area contributed by atoms with E-state index < -0.39 is 0 Å². The fraction of sp³-hybridized carbons (Fsp3) is 0.0667. The molecule has 0 fully saturated rings. The number of aryl methyl sites for hydroxylation is 1. The Kier molecular flexibility index (Phi) is 2.63. The third-order valence-corrected chi connectivity index (χ3v) is 5.56. The van der Waals surface area contributed by atoms with Gasteiger partial charge in [0.15, 0.2) is 0 Å². The molecule has 104 valence electrons. The number of fused-ring (bicyclic) bond motifs is 2. The van der Waals surface area contributed by atoms with Crippen molar-refractivity contribution in [3.8, 4) is 15.5 Å². The van der Waals surface area contributed by atoms with Gasteiger partial charge in [0.2, 0.25) is 0 Å². The molecule has 0 aliphatic rings. The Balaban J connectivity index is 2.12. The van der Waals surface area contributed by atoms with Gasteiger partial charge in [0.05, 0.1) is 5.52 Å². The average molecular weight is 314 g/mol. The first-order valence-corrected chi connectivity index (χ1v) is 8.03. The summed E-state index contributed by atoms with van der Waals surface area (Å²) >= 11 is 3.28. The summed E-state index contributed by atoms with van der Waals surface area (Å²) < 4.78 is 0. The highest BCUT2D eigenvalue weighted by atomic mass is 32.1. The summed E-state index contributed by atoms with van der Waals surface area (Å²) in [6.07, 6.45) is 0. The quantitative estimate of drug-likeness (QED) is 0.560. The minimum atomic E-state index is -0.321. The summed E-state index contributed by atoms with van der Waals surface area (Å²) in [6, 6.07) is 7.35. The van der Waals surface area contributed by atoms with E-state index in [2.05, 4.69) is 22.1 Å². The number of thiophene rings is 2. The third-order valence-electron chi connectivity index (χ3n) is 3.46. The Morgan fingerprint density at radius 3 is 2.90 bits per heavy atom. The van der Waals surface area contributed by atoms with Gasteiger partial charge in [-0.25, -0.2) is 4.98 Å². The molecule has 0 aliphatic carbocycles. The van der Waals surface area contributed by atoms with E-state index >= 15 is 0 Å². The van der Waals surface area contributed by atoms with E-state index in [9.17, 15) is 9.90 Å². The van der Waals surface area contributed by atoms with Crippen LogP contribution in [-0.2, 0) is 0 Å². The summed E-state index contributed by atoms with van der Waals surface area (Å²) in [5, 5.41) is 13.0. The van der Waals surface area contributed by atoms with Crippen LogP contribution < -0.4 is 5.56 Å². The van der Waals surface area contributed by atoms with Crippen molar-refractivity contribution in [3.63, 3.8) is 0 Å². The topological polar surface area (TPSA) is 66.0 Å². The number of nitrogens with one attached hydrogen (secondary N) is 1. The fourth-order valence-corrected chi connectivity index (χ4v) is 4.35. The predicted molar refractivity (Wildman–Crippen MR) is 87.5 cm³/mol. The smallest absolute Gasteiger partial charge is 0.252 e. The Morgan fingerprint density at radius 1 is 1.29 bits per heavy atom. The number of hydrogen-bond donors (Lipinski definition) is 2. The number of rotatable bonds is 1. The van der Waals surface area contributed by atoms with Crippen molar-refractivity contribution in [2.75, 3.05) is 0 Å².